The molecule has 0 saturated heterocycles. The van der Waals surface area contributed by atoms with E-state index >= 15 is 0 Å². The summed E-state index contributed by atoms with van der Waals surface area (Å²) in [5.41, 5.74) is 3.48. The minimum Gasteiger partial charge on any atom is -0.497 e. The van der Waals surface area contributed by atoms with Crippen molar-refractivity contribution in [1.82, 2.24) is 19.9 Å². The lowest BCUT2D eigenvalue weighted by Gasteiger charge is -2.30. The highest BCUT2D eigenvalue weighted by Gasteiger charge is 2.28. The summed E-state index contributed by atoms with van der Waals surface area (Å²) in [4.78, 5) is 42.2. The molecule has 4 rings (SSSR count). The van der Waals surface area contributed by atoms with Crippen LogP contribution in [0.2, 0.25) is 0 Å². The second-order valence-corrected chi connectivity index (χ2v) is 8.07. The van der Waals surface area contributed by atoms with Crippen molar-refractivity contribution < 1.29 is 14.3 Å². The van der Waals surface area contributed by atoms with Crippen LogP contribution in [0, 0.1) is 6.92 Å². The Morgan fingerprint density at radius 1 is 1.15 bits per heavy atom. The molecule has 3 heterocycles. The van der Waals surface area contributed by atoms with E-state index < -0.39 is 0 Å². The van der Waals surface area contributed by atoms with E-state index in [1.54, 1.807) is 48.5 Å². The number of hydrogen-bond donors (Lipinski definition) is 0. The van der Waals surface area contributed by atoms with E-state index in [1.807, 2.05) is 31.2 Å². The van der Waals surface area contributed by atoms with Crippen molar-refractivity contribution >= 4 is 17.6 Å². The average Bonchev–Trinajstić information content (AvgIpc) is 2.83. The number of nitrogens with zero attached hydrogens (tertiary/aromatic N) is 5. The minimum atomic E-state index is -0.137. The number of carbonyl (C=O) groups is 2. The number of methoxy groups -OCH3 is 1. The molecular weight excluding hydrogens is 418 g/mol. The summed E-state index contributed by atoms with van der Waals surface area (Å²) >= 11 is 0. The highest BCUT2D eigenvalue weighted by Crippen LogP contribution is 2.28. The number of anilines is 1. The number of carbonyl (C=O) groups excluding carboxylic acids is 2. The van der Waals surface area contributed by atoms with Crippen LogP contribution >= 0.6 is 0 Å². The van der Waals surface area contributed by atoms with Crippen molar-refractivity contribution in [2.45, 2.75) is 32.7 Å². The topological polar surface area (TPSA) is 88.5 Å². The van der Waals surface area contributed by atoms with E-state index in [0.717, 1.165) is 22.6 Å². The predicted molar refractivity (Wildman–Crippen MR) is 124 cm³/mol. The van der Waals surface area contributed by atoms with E-state index in [4.69, 9.17) is 9.72 Å². The van der Waals surface area contributed by atoms with Crippen LogP contribution < -0.4 is 9.64 Å². The zero-order chi connectivity index (χ0) is 23.4. The summed E-state index contributed by atoms with van der Waals surface area (Å²) in [5.74, 6) is 1.87. The van der Waals surface area contributed by atoms with Crippen LogP contribution in [0.1, 0.15) is 39.4 Å². The number of aromatic nitrogens is 3. The van der Waals surface area contributed by atoms with Crippen molar-refractivity contribution in [3.63, 3.8) is 0 Å². The van der Waals surface area contributed by atoms with E-state index in [9.17, 15) is 9.59 Å². The van der Waals surface area contributed by atoms with Crippen LogP contribution in [0.15, 0.2) is 48.8 Å². The average molecular weight is 446 g/mol. The van der Waals surface area contributed by atoms with Crippen molar-refractivity contribution in [3.8, 4) is 5.75 Å². The monoisotopic (exact) mass is 445 g/mol. The van der Waals surface area contributed by atoms with Crippen molar-refractivity contribution in [3.05, 3.63) is 77.0 Å². The van der Waals surface area contributed by atoms with Crippen LogP contribution in [0.4, 0.5) is 5.82 Å². The Hall–Kier alpha value is -3.81. The lowest BCUT2D eigenvalue weighted by molar-refractivity contribution is -0.118. The summed E-state index contributed by atoms with van der Waals surface area (Å²) in [7, 11) is 3.35. The van der Waals surface area contributed by atoms with Crippen LogP contribution in [0.5, 0.6) is 5.75 Å². The molecule has 1 aromatic carbocycles. The van der Waals surface area contributed by atoms with E-state index in [2.05, 4.69) is 9.97 Å². The Morgan fingerprint density at radius 2 is 1.94 bits per heavy atom. The third-order valence-electron chi connectivity index (χ3n) is 5.79. The number of amides is 2. The summed E-state index contributed by atoms with van der Waals surface area (Å²) in [6.45, 7) is 2.69. The third-order valence-corrected chi connectivity index (χ3v) is 5.79. The molecular formula is C25H27N5O3. The largest absolute Gasteiger partial charge is 0.497 e. The first kappa shape index (κ1) is 22.4. The lowest BCUT2D eigenvalue weighted by Crippen LogP contribution is -2.38. The molecule has 0 radical (unpaired) electrons. The molecule has 0 saturated carbocycles. The molecule has 33 heavy (non-hydrogen) atoms. The molecule has 170 valence electrons. The number of fused-ring (bicyclic) bond motifs is 1. The van der Waals surface area contributed by atoms with Crippen LogP contribution in [0.3, 0.4) is 0 Å². The van der Waals surface area contributed by atoms with Gasteiger partial charge in [0.2, 0.25) is 5.91 Å². The number of ether oxygens (including phenoxy) is 1. The number of rotatable bonds is 7. The van der Waals surface area contributed by atoms with E-state index in [1.165, 1.54) is 0 Å². The highest BCUT2D eigenvalue weighted by atomic mass is 16.5. The predicted octanol–water partition coefficient (Wildman–Crippen LogP) is 2.98. The van der Waals surface area contributed by atoms with Gasteiger partial charge in [0.15, 0.2) is 0 Å². The number of hydrogen-bond acceptors (Lipinski definition) is 6. The Labute approximate surface area is 193 Å². The first-order valence-electron chi connectivity index (χ1n) is 10.9. The molecule has 0 unspecified atom stereocenters. The van der Waals surface area contributed by atoms with Gasteiger partial charge in [-0.25, -0.2) is 9.97 Å². The third kappa shape index (κ3) is 5.00. The van der Waals surface area contributed by atoms with Gasteiger partial charge >= 0.3 is 0 Å². The Morgan fingerprint density at radius 3 is 2.70 bits per heavy atom. The molecule has 3 aromatic rings. The van der Waals surface area contributed by atoms with Gasteiger partial charge in [0.1, 0.15) is 17.4 Å². The normalized spacial score (nSPS) is 12.9. The van der Waals surface area contributed by atoms with Gasteiger partial charge in [-0.15, -0.1) is 0 Å². The zero-order valence-electron chi connectivity index (χ0n) is 19.1. The van der Waals surface area contributed by atoms with Crippen molar-refractivity contribution in [1.29, 1.82) is 0 Å². The first-order chi connectivity index (χ1) is 16.0. The van der Waals surface area contributed by atoms with E-state index in [0.29, 0.717) is 43.0 Å². The molecule has 2 amide bonds. The maximum Gasteiger partial charge on any atom is 0.254 e. The molecule has 8 nitrogen and oxygen atoms in total. The van der Waals surface area contributed by atoms with Gasteiger partial charge < -0.3 is 9.64 Å². The molecule has 0 N–H and O–H groups in total. The molecule has 0 aliphatic carbocycles. The summed E-state index contributed by atoms with van der Waals surface area (Å²) in [6.07, 6.45) is 4.93. The fourth-order valence-corrected chi connectivity index (χ4v) is 4.01. The first-order valence-corrected chi connectivity index (χ1v) is 10.9. The Bertz CT molecular complexity index is 1170. The molecule has 0 fully saturated rings. The molecule has 0 spiro atoms. The standard InChI is InChI=1S/C25H27N5O3/c1-17-21-7-8-23(31)30(14-11-18-5-4-6-20(15-18)33-3)24(21)28-22(27-17)16-29(2)25(32)19-9-12-26-13-10-19/h4-6,9-10,12-13,15H,7-8,11,14,16H2,1-3H3. The quantitative estimate of drug-likeness (QED) is 0.556. The van der Waals surface area contributed by atoms with Crippen LogP contribution in [-0.4, -0.2) is 52.4 Å². The van der Waals surface area contributed by atoms with Crippen LogP contribution in [0.25, 0.3) is 0 Å². The van der Waals surface area contributed by atoms with Crippen molar-refractivity contribution in [2.75, 3.05) is 25.6 Å². The lowest BCUT2D eigenvalue weighted by atomic mass is 10.0. The molecule has 1 aliphatic heterocycles. The summed E-state index contributed by atoms with van der Waals surface area (Å²) < 4.78 is 5.31. The van der Waals surface area contributed by atoms with Gasteiger partial charge in [-0.2, -0.15) is 0 Å². The number of benzene rings is 1. The van der Waals surface area contributed by atoms with Crippen LogP contribution in [-0.2, 0) is 24.2 Å². The van der Waals surface area contributed by atoms with Gasteiger partial charge in [-0.05, 0) is 49.6 Å². The Balaban J connectivity index is 1.55. The number of aryl methyl sites for hydroxylation is 1. The maximum atomic E-state index is 12.8. The summed E-state index contributed by atoms with van der Waals surface area (Å²) in [5, 5.41) is 0. The Kier molecular flexibility index (Phi) is 6.63. The van der Waals surface area contributed by atoms with Gasteiger partial charge in [0, 0.05) is 49.2 Å². The maximum absolute atomic E-state index is 12.8. The van der Waals surface area contributed by atoms with Gasteiger partial charge in [-0.1, -0.05) is 12.1 Å². The molecule has 8 heteroatoms. The highest BCUT2D eigenvalue weighted by molar-refractivity contribution is 5.95. The second kappa shape index (κ2) is 9.77. The SMILES string of the molecule is COc1cccc(CCN2C(=O)CCc3c(C)nc(CN(C)C(=O)c4ccncc4)nc32)c1. The molecule has 2 aromatic heterocycles. The minimum absolute atomic E-state index is 0.0515. The smallest absolute Gasteiger partial charge is 0.254 e. The van der Waals surface area contributed by atoms with Crippen molar-refractivity contribution in [2.24, 2.45) is 0 Å². The zero-order valence-corrected chi connectivity index (χ0v) is 19.1. The second-order valence-electron chi connectivity index (χ2n) is 8.07. The van der Waals surface area contributed by atoms with Gasteiger partial charge in [0.25, 0.3) is 5.91 Å². The molecule has 0 bridgehead atoms. The summed E-state index contributed by atoms with van der Waals surface area (Å²) in [6, 6.07) is 11.2. The fraction of sp³-hybridized carbons (Fsp3) is 0.320. The van der Waals surface area contributed by atoms with E-state index in [-0.39, 0.29) is 18.4 Å². The molecule has 0 atom stereocenters. The fourth-order valence-electron chi connectivity index (χ4n) is 4.01. The van der Waals surface area contributed by atoms with Gasteiger partial charge in [0.05, 0.1) is 13.7 Å². The van der Waals surface area contributed by atoms with Gasteiger partial charge in [-0.3, -0.25) is 19.5 Å². The number of pyridine rings is 1. The molecule has 1 aliphatic rings.